The summed E-state index contributed by atoms with van der Waals surface area (Å²) in [5.41, 5.74) is 1.30. The first-order chi connectivity index (χ1) is 7.84. The number of aliphatic hydroxyl groups is 1. The lowest BCUT2D eigenvalue weighted by atomic mass is 9.93. The number of hydrogen-bond acceptors (Lipinski definition) is 1. The fraction of sp³-hybridized carbons (Fsp3) is 0.333. The van der Waals surface area contributed by atoms with Gasteiger partial charge < -0.3 is 5.11 Å². The van der Waals surface area contributed by atoms with E-state index in [1.165, 1.54) is 16.3 Å². The van der Waals surface area contributed by atoms with Gasteiger partial charge in [0.05, 0.1) is 6.10 Å². The van der Waals surface area contributed by atoms with Crippen molar-refractivity contribution in [3.8, 4) is 0 Å². The van der Waals surface area contributed by atoms with Crippen molar-refractivity contribution in [3.05, 3.63) is 48.0 Å². The van der Waals surface area contributed by atoms with E-state index in [0.29, 0.717) is 5.92 Å². The average Bonchev–Trinajstić information content (AvgIpc) is 2.75. The van der Waals surface area contributed by atoms with Gasteiger partial charge in [-0.25, -0.2) is 0 Å². The third-order valence-electron chi connectivity index (χ3n) is 3.68. The van der Waals surface area contributed by atoms with E-state index in [1.807, 2.05) is 0 Å². The lowest BCUT2D eigenvalue weighted by Gasteiger charge is -2.15. The Morgan fingerprint density at radius 2 is 1.75 bits per heavy atom. The molecule has 0 radical (unpaired) electrons. The van der Waals surface area contributed by atoms with Crippen molar-refractivity contribution >= 4 is 10.8 Å². The van der Waals surface area contributed by atoms with E-state index in [0.717, 1.165) is 19.3 Å². The van der Waals surface area contributed by atoms with Crippen molar-refractivity contribution in [2.24, 2.45) is 0 Å². The predicted octanol–water partition coefficient (Wildman–Crippen LogP) is 3.47. The Bertz CT molecular complexity index is 504. The summed E-state index contributed by atoms with van der Waals surface area (Å²) >= 11 is 0. The zero-order chi connectivity index (χ0) is 11.0. The van der Waals surface area contributed by atoms with E-state index in [2.05, 4.69) is 42.5 Å². The van der Waals surface area contributed by atoms with E-state index < -0.39 is 0 Å². The van der Waals surface area contributed by atoms with Crippen LogP contribution in [-0.2, 0) is 0 Å². The maximum atomic E-state index is 9.91. The van der Waals surface area contributed by atoms with Crippen LogP contribution in [0.1, 0.15) is 30.7 Å². The fourth-order valence-corrected chi connectivity index (χ4v) is 2.77. The minimum Gasteiger partial charge on any atom is -0.392 e. The molecule has 3 rings (SSSR count). The van der Waals surface area contributed by atoms with Gasteiger partial charge in [-0.2, -0.15) is 0 Å². The summed E-state index contributed by atoms with van der Waals surface area (Å²) in [6.45, 7) is 0. The minimum atomic E-state index is -0.138. The van der Waals surface area contributed by atoms with Gasteiger partial charge in [0.25, 0.3) is 0 Å². The van der Waals surface area contributed by atoms with Gasteiger partial charge >= 0.3 is 0 Å². The van der Waals surface area contributed by atoms with Crippen LogP contribution in [0.2, 0.25) is 0 Å². The van der Waals surface area contributed by atoms with Crippen LogP contribution in [0.25, 0.3) is 10.8 Å². The Hall–Kier alpha value is -1.34. The van der Waals surface area contributed by atoms with E-state index in [1.54, 1.807) is 0 Å². The summed E-state index contributed by atoms with van der Waals surface area (Å²) in [5, 5.41) is 12.5. The average molecular weight is 212 g/mol. The summed E-state index contributed by atoms with van der Waals surface area (Å²) in [6.07, 6.45) is 3.09. The first-order valence-corrected chi connectivity index (χ1v) is 6.01. The number of hydrogen-bond donors (Lipinski definition) is 1. The van der Waals surface area contributed by atoms with E-state index >= 15 is 0 Å². The first-order valence-electron chi connectivity index (χ1n) is 6.01. The van der Waals surface area contributed by atoms with Gasteiger partial charge in [0.1, 0.15) is 0 Å². The normalized spacial score (nSPS) is 25.1. The fourth-order valence-electron chi connectivity index (χ4n) is 2.77. The second kappa shape index (κ2) is 3.91. The second-order valence-electron chi connectivity index (χ2n) is 4.71. The van der Waals surface area contributed by atoms with Crippen molar-refractivity contribution in [1.82, 2.24) is 0 Å². The van der Waals surface area contributed by atoms with Gasteiger partial charge in [-0.1, -0.05) is 48.9 Å². The first kappa shape index (κ1) is 9.86. The molecule has 1 fully saturated rings. The molecule has 2 unspecified atom stereocenters. The standard InChI is InChI=1S/C15H16O/c16-15-7-3-6-14(15)13-9-8-11-4-1-2-5-12(11)10-13/h1-2,4-5,8-10,14-16H,3,6-7H2. The number of fused-ring (bicyclic) bond motifs is 1. The molecule has 1 nitrogen and oxygen atoms in total. The highest BCUT2D eigenvalue weighted by atomic mass is 16.3. The SMILES string of the molecule is OC1CCCC1c1ccc2ccccc2c1. The molecule has 0 aromatic heterocycles. The summed E-state index contributed by atoms with van der Waals surface area (Å²) in [7, 11) is 0. The quantitative estimate of drug-likeness (QED) is 0.767. The molecule has 1 aliphatic carbocycles. The number of rotatable bonds is 1. The Kier molecular flexibility index (Phi) is 2.41. The highest BCUT2D eigenvalue weighted by Gasteiger charge is 2.26. The van der Waals surface area contributed by atoms with Crippen LogP contribution in [0, 0.1) is 0 Å². The molecule has 0 saturated heterocycles. The molecule has 2 atom stereocenters. The van der Waals surface area contributed by atoms with Gasteiger partial charge in [-0.05, 0) is 29.2 Å². The highest BCUT2D eigenvalue weighted by molar-refractivity contribution is 5.83. The van der Waals surface area contributed by atoms with Crippen LogP contribution in [0.3, 0.4) is 0 Å². The molecule has 0 amide bonds. The Balaban J connectivity index is 2.04. The minimum absolute atomic E-state index is 0.138. The molecular weight excluding hydrogens is 196 g/mol. The van der Waals surface area contributed by atoms with Crippen LogP contribution in [0.15, 0.2) is 42.5 Å². The van der Waals surface area contributed by atoms with Crippen LogP contribution < -0.4 is 0 Å². The lowest BCUT2D eigenvalue weighted by Crippen LogP contribution is -2.10. The third kappa shape index (κ3) is 1.61. The van der Waals surface area contributed by atoms with Gasteiger partial charge in [0.2, 0.25) is 0 Å². The third-order valence-corrected chi connectivity index (χ3v) is 3.68. The van der Waals surface area contributed by atoms with Gasteiger partial charge in [0.15, 0.2) is 0 Å². The topological polar surface area (TPSA) is 20.2 Å². The number of benzene rings is 2. The molecule has 1 heteroatoms. The van der Waals surface area contributed by atoms with Crippen molar-refractivity contribution in [2.75, 3.05) is 0 Å². The van der Waals surface area contributed by atoms with Crippen LogP contribution >= 0.6 is 0 Å². The van der Waals surface area contributed by atoms with E-state index in [9.17, 15) is 5.11 Å². The van der Waals surface area contributed by atoms with Crippen molar-refractivity contribution in [3.63, 3.8) is 0 Å². The van der Waals surface area contributed by atoms with Gasteiger partial charge in [-0.3, -0.25) is 0 Å². The zero-order valence-corrected chi connectivity index (χ0v) is 9.26. The molecular formula is C15H16O. The molecule has 2 aromatic carbocycles. The van der Waals surface area contributed by atoms with Crippen LogP contribution in [0.4, 0.5) is 0 Å². The van der Waals surface area contributed by atoms with Gasteiger partial charge in [0, 0.05) is 5.92 Å². The molecule has 1 saturated carbocycles. The molecule has 82 valence electrons. The molecule has 0 bridgehead atoms. The molecule has 1 N–H and O–H groups in total. The van der Waals surface area contributed by atoms with E-state index in [4.69, 9.17) is 0 Å². The molecule has 1 aliphatic rings. The summed E-state index contributed by atoms with van der Waals surface area (Å²) in [6, 6.07) is 15.0. The van der Waals surface area contributed by atoms with Crippen molar-refractivity contribution in [1.29, 1.82) is 0 Å². The van der Waals surface area contributed by atoms with Crippen molar-refractivity contribution in [2.45, 2.75) is 31.3 Å². The molecule has 0 heterocycles. The summed E-state index contributed by atoms with van der Waals surface area (Å²) < 4.78 is 0. The molecule has 2 aromatic rings. The largest absolute Gasteiger partial charge is 0.392 e. The Labute approximate surface area is 95.7 Å². The maximum Gasteiger partial charge on any atom is 0.0608 e. The van der Waals surface area contributed by atoms with Crippen molar-refractivity contribution < 1.29 is 5.11 Å². The van der Waals surface area contributed by atoms with Gasteiger partial charge in [-0.15, -0.1) is 0 Å². The Morgan fingerprint density at radius 3 is 2.50 bits per heavy atom. The maximum absolute atomic E-state index is 9.91. The lowest BCUT2D eigenvalue weighted by molar-refractivity contribution is 0.164. The molecule has 0 aliphatic heterocycles. The van der Waals surface area contributed by atoms with E-state index in [-0.39, 0.29) is 6.10 Å². The molecule has 0 spiro atoms. The zero-order valence-electron chi connectivity index (χ0n) is 9.26. The number of aliphatic hydroxyl groups excluding tert-OH is 1. The summed E-state index contributed by atoms with van der Waals surface area (Å²) in [4.78, 5) is 0. The predicted molar refractivity (Wildman–Crippen MR) is 66.5 cm³/mol. The monoisotopic (exact) mass is 212 g/mol. The highest BCUT2D eigenvalue weighted by Crippen LogP contribution is 2.35. The van der Waals surface area contributed by atoms with Crippen LogP contribution in [-0.4, -0.2) is 11.2 Å². The smallest absolute Gasteiger partial charge is 0.0608 e. The Morgan fingerprint density at radius 1 is 0.938 bits per heavy atom. The van der Waals surface area contributed by atoms with Crippen LogP contribution in [0.5, 0.6) is 0 Å². The molecule has 16 heavy (non-hydrogen) atoms. The second-order valence-corrected chi connectivity index (χ2v) is 4.71. The summed E-state index contributed by atoms with van der Waals surface area (Å²) in [5.74, 6) is 0.351.